The van der Waals surface area contributed by atoms with E-state index in [0.717, 1.165) is 48.1 Å². The average molecular weight is 392 g/mol. The smallest absolute Gasteiger partial charge is 0.252 e. The lowest BCUT2D eigenvalue weighted by molar-refractivity contribution is -0.121. The molecule has 2 aromatic carbocycles. The number of carbonyl (C=O) groups is 1. The van der Waals surface area contributed by atoms with E-state index in [1.54, 1.807) is 0 Å². The summed E-state index contributed by atoms with van der Waals surface area (Å²) in [6.07, 6.45) is 9.51. The predicted molar refractivity (Wildman–Crippen MR) is 115 cm³/mol. The summed E-state index contributed by atoms with van der Waals surface area (Å²) in [6, 6.07) is 17.6. The van der Waals surface area contributed by atoms with E-state index in [0.29, 0.717) is 10.6 Å². The normalized spacial score (nSPS) is 31.0. The van der Waals surface area contributed by atoms with Gasteiger partial charge in [-0.1, -0.05) is 60.1 Å². The van der Waals surface area contributed by atoms with Crippen LogP contribution in [-0.2, 0) is 4.79 Å². The highest BCUT2D eigenvalue weighted by molar-refractivity contribution is 6.33. The zero-order valence-electron chi connectivity index (χ0n) is 16.0. The lowest BCUT2D eigenvalue weighted by Crippen LogP contribution is -2.59. The van der Waals surface area contributed by atoms with Crippen LogP contribution in [0.4, 0.5) is 0 Å². The van der Waals surface area contributed by atoms with Gasteiger partial charge in [-0.2, -0.15) is 0 Å². The van der Waals surface area contributed by atoms with Crippen molar-refractivity contribution in [3.63, 3.8) is 0 Å². The molecule has 1 N–H and O–H groups in total. The molecule has 0 aromatic heterocycles. The lowest BCUT2D eigenvalue weighted by atomic mass is 9.53. The van der Waals surface area contributed by atoms with Crippen molar-refractivity contribution < 1.29 is 4.79 Å². The number of hydrogen-bond donors (Lipinski definition) is 1. The Balaban J connectivity index is 1.48. The Morgan fingerprint density at radius 1 is 0.893 bits per heavy atom. The largest absolute Gasteiger partial charge is 0.347 e. The Hall–Kier alpha value is -2.06. The molecule has 4 saturated carbocycles. The van der Waals surface area contributed by atoms with E-state index in [2.05, 4.69) is 5.32 Å². The molecule has 4 bridgehead atoms. The summed E-state index contributed by atoms with van der Waals surface area (Å²) in [6.45, 7) is 0. The van der Waals surface area contributed by atoms with Crippen molar-refractivity contribution in [2.24, 2.45) is 17.8 Å². The zero-order valence-corrected chi connectivity index (χ0v) is 16.8. The molecule has 0 aliphatic heterocycles. The first kappa shape index (κ1) is 18.0. The molecule has 0 heterocycles. The number of carbonyl (C=O) groups excluding carboxylic acids is 1. The number of rotatable bonds is 4. The second-order valence-electron chi connectivity index (χ2n) is 9.10. The first-order valence-electron chi connectivity index (χ1n) is 10.4. The van der Waals surface area contributed by atoms with Crippen LogP contribution in [0.15, 0.2) is 54.6 Å². The molecule has 4 fully saturated rings. The van der Waals surface area contributed by atoms with Crippen molar-refractivity contribution in [2.75, 3.05) is 0 Å². The summed E-state index contributed by atoms with van der Waals surface area (Å²) in [4.78, 5) is 13.5. The Morgan fingerprint density at radius 3 is 2.07 bits per heavy atom. The molecule has 0 saturated heterocycles. The van der Waals surface area contributed by atoms with Gasteiger partial charge in [0.1, 0.15) is 0 Å². The second kappa shape index (κ2) is 7.08. The molecular formula is C25H26ClNO. The molecule has 0 radical (unpaired) electrons. The molecule has 1 amide bonds. The number of halogens is 1. The fourth-order valence-electron chi connectivity index (χ4n) is 6.22. The molecule has 28 heavy (non-hydrogen) atoms. The van der Waals surface area contributed by atoms with Crippen LogP contribution < -0.4 is 5.32 Å². The van der Waals surface area contributed by atoms with E-state index in [9.17, 15) is 4.79 Å². The second-order valence-corrected chi connectivity index (χ2v) is 9.50. The third-order valence-corrected chi connectivity index (χ3v) is 7.30. The molecule has 2 nitrogen and oxygen atoms in total. The molecule has 3 heteroatoms. The van der Waals surface area contributed by atoms with E-state index in [1.165, 1.54) is 19.3 Å². The van der Waals surface area contributed by atoms with Crippen molar-refractivity contribution in [1.29, 1.82) is 0 Å². The highest BCUT2D eigenvalue weighted by atomic mass is 35.5. The first-order chi connectivity index (χ1) is 13.6. The quantitative estimate of drug-likeness (QED) is 0.505. The maximum Gasteiger partial charge on any atom is 0.252 e. The van der Waals surface area contributed by atoms with Crippen LogP contribution in [0.2, 0.25) is 5.02 Å². The van der Waals surface area contributed by atoms with Gasteiger partial charge in [0.2, 0.25) is 0 Å². The number of nitrogens with one attached hydrogen (secondary N) is 1. The Bertz CT molecular complexity index is 882. The van der Waals surface area contributed by atoms with Gasteiger partial charge in [0.15, 0.2) is 0 Å². The van der Waals surface area contributed by atoms with Crippen molar-refractivity contribution in [1.82, 2.24) is 5.32 Å². The van der Waals surface area contributed by atoms with Gasteiger partial charge in [-0.25, -0.2) is 0 Å². The number of hydrogen-bond acceptors (Lipinski definition) is 1. The van der Waals surface area contributed by atoms with Gasteiger partial charge < -0.3 is 5.32 Å². The molecule has 0 atom stereocenters. The topological polar surface area (TPSA) is 29.1 Å². The summed E-state index contributed by atoms with van der Waals surface area (Å²) in [5.74, 6) is 2.45. The van der Waals surface area contributed by atoms with Gasteiger partial charge in [-0.15, -0.1) is 0 Å². The van der Waals surface area contributed by atoms with Gasteiger partial charge in [-0.05, 0) is 79.5 Å². The monoisotopic (exact) mass is 391 g/mol. The fourth-order valence-corrected chi connectivity index (χ4v) is 6.41. The van der Waals surface area contributed by atoms with E-state index in [-0.39, 0.29) is 11.4 Å². The Kier molecular flexibility index (Phi) is 4.55. The standard InChI is InChI=1S/C25H26ClNO/c26-23-9-5-4-8-21(23)13-22(20-6-2-1-3-7-20)24(28)27-25-14-17-10-18(15-25)12-19(11-17)16-25/h1-9,13,17-19H,10-12,14-16H2,(H,27,28)/b22-13+. The maximum atomic E-state index is 13.5. The summed E-state index contributed by atoms with van der Waals surface area (Å²) >= 11 is 6.38. The molecule has 144 valence electrons. The molecule has 2 aromatic rings. The third kappa shape index (κ3) is 3.39. The maximum absolute atomic E-state index is 13.5. The molecule has 4 aliphatic rings. The molecule has 0 unspecified atom stereocenters. The van der Waals surface area contributed by atoms with Crippen LogP contribution in [0.3, 0.4) is 0 Å². The Morgan fingerprint density at radius 2 is 1.46 bits per heavy atom. The zero-order chi connectivity index (χ0) is 19.1. The van der Waals surface area contributed by atoms with Gasteiger partial charge >= 0.3 is 0 Å². The van der Waals surface area contributed by atoms with Crippen LogP contribution in [0.25, 0.3) is 11.6 Å². The SMILES string of the molecule is O=C(NC12CC3CC(CC(C3)C1)C2)/C(=C/c1ccccc1Cl)c1ccccc1. The van der Waals surface area contributed by atoms with E-state index < -0.39 is 0 Å². The van der Waals surface area contributed by atoms with E-state index in [1.807, 2.05) is 60.7 Å². The summed E-state index contributed by atoms with van der Waals surface area (Å²) in [5.41, 5.74) is 2.51. The first-order valence-corrected chi connectivity index (χ1v) is 10.8. The summed E-state index contributed by atoms with van der Waals surface area (Å²) in [5, 5.41) is 4.18. The van der Waals surface area contributed by atoms with Gasteiger partial charge in [-0.3, -0.25) is 4.79 Å². The molecule has 6 rings (SSSR count). The highest BCUT2D eigenvalue weighted by Gasteiger charge is 2.51. The van der Waals surface area contributed by atoms with Crippen LogP contribution in [0.5, 0.6) is 0 Å². The van der Waals surface area contributed by atoms with Gasteiger partial charge in [0.05, 0.1) is 0 Å². The average Bonchev–Trinajstić information content (AvgIpc) is 2.66. The minimum absolute atomic E-state index is 0.000185. The predicted octanol–water partition coefficient (Wildman–Crippen LogP) is 5.97. The number of amides is 1. The van der Waals surface area contributed by atoms with Crippen LogP contribution in [0.1, 0.15) is 49.7 Å². The minimum Gasteiger partial charge on any atom is -0.347 e. The van der Waals surface area contributed by atoms with Gasteiger partial charge in [0, 0.05) is 16.1 Å². The summed E-state index contributed by atoms with van der Waals surface area (Å²) < 4.78 is 0. The molecule has 0 spiro atoms. The third-order valence-electron chi connectivity index (χ3n) is 6.95. The van der Waals surface area contributed by atoms with E-state index >= 15 is 0 Å². The lowest BCUT2D eigenvalue weighted by Gasteiger charge is -2.57. The highest BCUT2D eigenvalue weighted by Crippen LogP contribution is 2.55. The van der Waals surface area contributed by atoms with E-state index in [4.69, 9.17) is 11.6 Å². The van der Waals surface area contributed by atoms with Crippen molar-refractivity contribution in [2.45, 2.75) is 44.1 Å². The van der Waals surface area contributed by atoms with Crippen LogP contribution >= 0.6 is 11.6 Å². The van der Waals surface area contributed by atoms with Crippen LogP contribution in [-0.4, -0.2) is 11.4 Å². The van der Waals surface area contributed by atoms with Crippen molar-refractivity contribution in [3.05, 3.63) is 70.7 Å². The number of benzene rings is 2. The molecule has 4 aliphatic carbocycles. The minimum atomic E-state index is 0.000185. The Labute approximate surface area is 172 Å². The molecular weight excluding hydrogens is 366 g/mol. The van der Waals surface area contributed by atoms with Gasteiger partial charge in [0.25, 0.3) is 5.91 Å². The van der Waals surface area contributed by atoms with Crippen molar-refractivity contribution >= 4 is 29.2 Å². The van der Waals surface area contributed by atoms with Crippen LogP contribution in [0, 0.1) is 17.8 Å². The fraction of sp³-hybridized carbons (Fsp3) is 0.400. The summed E-state index contributed by atoms with van der Waals surface area (Å²) in [7, 11) is 0. The van der Waals surface area contributed by atoms with Crippen molar-refractivity contribution in [3.8, 4) is 0 Å².